The van der Waals surface area contributed by atoms with E-state index in [9.17, 15) is 5.11 Å². The molecule has 1 aromatic carbocycles. The van der Waals surface area contributed by atoms with Crippen LogP contribution < -0.4 is 5.32 Å². The molecule has 0 fully saturated rings. The van der Waals surface area contributed by atoms with Crippen LogP contribution in [0, 0.1) is 5.92 Å². The lowest BCUT2D eigenvalue weighted by Gasteiger charge is -2.25. The van der Waals surface area contributed by atoms with Crippen molar-refractivity contribution in [3.63, 3.8) is 0 Å². The van der Waals surface area contributed by atoms with Gasteiger partial charge in [0.15, 0.2) is 0 Å². The molecule has 0 aliphatic carbocycles. The van der Waals surface area contributed by atoms with Crippen LogP contribution in [0.2, 0.25) is 10.0 Å². The van der Waals surface area contributed by atoms with Crippen molar-refractivity contribution in [2.45, 2.75) is 32.8 Å². The molecular weight excluding hydrogens is 269 g/mol. The first-order chi connectivity index (χ1) is 8.32. The van der Waals surface area contributed by atoms with Gasteiger partial charge in [0, 0.05) is 23.0 Å². The summed E-state index contributed by atoms with van der Waals surface area (Å²) < 4.78 is 0. The highest BCUT2D eigenvalue weighted by atomic mass is 35.5. The summed E-state index contributed by atoms with van der Waals surface area (Å²) in [6, 6.07) is 5.39. The largest absolute Gasteiger partial charge is 0.389 e. The second kappa shape index (κ2) is 6.76. The van der Waals surface area contributed by atoms with E-state index in [4.69, 9.17) is 23.2 Å². The van der Waals surface area contributed by atoms with Crippen molar-refractivity contribution in [2.75, 3.05) is 13.1 Å². The predicted octanol–water partition coefficient (Wildman–Crippen LogP) is 3.53. The fourth-order valence-corrected chi connectivity index (χ4v) is 2.31. The average molecular weight is 290 g/mol. The quantitative estimate of drug-likeness (QED) is 0.840. The molecule has 2 N–H and O–H groups in total. The van der Waals surface area contributed by atoms with Crippen molar-refractivity contribution in [1.29, 1.82) is 0 Å². The fraction of sp³-hybridized carbons (Fsp3) is 0.571. The van der Waals surface area contributed by atoms with Gasteiger partial charge in [0.2, 0.25) is 0 Å². The normalized spacial score (nSPS) is 14.8. The van der Waals surface area contributed by atoms with Crippen LogP contribution in [0.25, 0.3) is 0 Å². The Morgan fingerprint density at radius 2 is 1.83 bits per heavy atom. The number of nitrogens with one attached hydrogen (secondary N) is 1. The van der Waals surface area contributed by atoms with Crippen LogP contribution in [-0.4, -0.2) is 23.8 Å². The molecule has 0 saturated carbocycles. The van der Waals surface area contributed by atoms with Gasteiger partial charge in [-0.25, -0.2) is 0 Å². The highest BCUT2D eigenvalue weighted by molar-refractivity contribution is 6.36. The van der Waals surface area contributed by atoms with E-state index in [1.165, 1.54) is 0 Å². The molecule has 0 amide bonds. The third-order valence-corrected chi connectivity index (χ3v) is 3.39. The van der Waals surface area contributed by atoms with Crippen molar-refractivity contribution >= 4 is 23.2 Å². The number of halogens is 2. The Morgan fingerprint density at radius 3 is 2.33 bits per heavy atom. The lowest BCUT2D eigenvalue weighted by molar-refractivity contribution is 0.0596. The molecule has 0 saturated heterocycles. The zero-order valence-electron chi connectivity index (χ0n) is 11.1. The first-order valence-electron chi connectivity index (χ1n) is 6.18. The minimum absolute atomic E-state index is 0.441. The molecule has 0 aliphatic rings. The van der Waals surface area contributed by atoms with E-state index in [0.717, 1.165) is 12.1 Å². The van der Waals surface area contributed by atoms with Crippen LogP contribution >= 0.6 is 23.2 Å². The van der Waals surface area contributed by atoms with Gasteiger partial charge in [0.1, 0.15) is 0 Å². The molecule has 0 aromatic heterocycles. The predicted molar refractivity (Wildman–Crippen MR) is 78.5 cm³/mol. The van der Waals surface area contributed by atoms with Gasteiger partial charge in [0.05, 0.1) is 5.60 Å². The first kappa shape index (κ1) is 15.8. The maximum Gasteiger partial charge on any atom is 0.0784 e. The summed E-state index contributed by atoms with van der Waals surface area (Å²) in [5.41, 5.74) is -0.0547. The van der Waals surface area contributed by atoms with Gasteiger partial charge in [-0.15, -0.1) is 0 Å². The maximum atomic E-state index is 10.3. The zero-order chi connectivity index (χ0) is 13.8. The Balaban J connectivity index is 2.64. The van der Waals surface area contributed by atoms with Gasteiger partial charge in [-0.05, 0) is 37.1 Å². The average Bonchev–Trinajstić information content (AvgIpc) is 2.23. The number of hydrogen-bond acceptors (Lipinski definition) is 2. The van der Waals surface area contributed by atoms with Crippen molar-refractivity contribution < 1.29 is 5.11 Å². The van der Waals surface area contributed by atoms with E-state index in [1.54, 1.807) is 25.1 Å². The Hall–Kier alpha value is -0.280. The summed E-state index contributed by atoms with van der Waals surface area (Å²) in [5, 5.41) is 14.8. The van der Waals surface area contributed by atoms with Crippen LogP contribution in [0.15, 0.2) is 18.2 Å². The number of benzene rings is 1. The molecule has 0 heterocycles. The molecule has 2 nitrogen and oxygen atoms in total. The Morgan fingerprint density at radius 1 is 1.28 bits per heavy atom. The van der Waals surface area contributed by atoms with E-state index in [2.05, 4.69) is 19.2 Å². The summed E-state index contributed by atoms with van der Waals surface area (Å²) in [5.74, 6) is 0.560. The second-order valence-electron chi connectivity index (χ2n) is 5.40. The Labute approximate surface area is 119 Å². The van der Waals surface area contributed by atoms with Crippen molar-refractivity contribution in [3.05, 3.63) is 33.8 Å². The van der Waals surface area contributed by atoms with Gasteiger partial charge in [-0.3, -0.25) is 0 Å². The van der Waals surface area contributed by atoms with E-state index in [1.807, 2.05) is 0 Å². The third kappa shape index (κ3) is 5.15. The molecule has 1 aromatic rings. The molecule has 4 heteroatoms. The lowest BCUT2D eigenvalue weighted by atomic mass is 9.96. The molecule has 0 aliphatic heterocycles. The molecule has 18 heavy (non-hydrogen) atoms. The van der Waals surface area contributed by atoms with Gasteiger partial charge < -0.3 is 10.4 Å². The standard InChI is InChI=1S/C14H21Cl2NO/c1-10(2)8-17-9-14(3,18)7-11-12(15)5-4-6-13(11)16/h4-6,10,17-18H,7-9H2,1-3H3. The highest BCUT2D eigenvalue weighted by Gasteiger charge is 2.23. The van der Waals surface area contributed by atoms with Crippen LogP contribution in [0.5, 0.6) is 0 Å². The van der Waals surface area contributed by atoms with E-state index >= 15 is 0 Å². The summed E-state index contributed by atoms with van der Waals surface area (Å²) in [4.78, 5) is 0. The van der Waals surface area contributed by atoms with E-state index in [0.29, 0.717) is 28.9 Å². The molecule has 1 atom stereocenters. The van der Waals surface area contributed by atoms with Crippen molar-refractivity contribution in [3.8, 4) is 0 Å². The van der Waals surface area contributed by atoms with Crippen LogP contribution in [0.3, 0.4) is 0 Å². The molecule has 0 bridgehead atoms. The molecular formula is C14H21Cl2NO. The van der Waals surface area contributed by atoms with Gasteiger partial charge in [-0.1, -0.05) is 43.1 Å². The minimum Gasteiger partial charge on any atom is -0.389 e. The lowest BCUT2D eigenvalue weighted by Crippen LogP contribution is -2.41. The Bertz CT molecular complexity index is 371. The summed E-state index contributed by atoms with van der Waals surface area (Å²) in [6.45, 7) is 7.46. The Kier molecular flexibility index (Phi) is 5.93. The first-order valence-corrected chi connectivity index (χ1v) is 6.93. The fourth-order valence-electron chi connectivity index (χ4n) is 1.77. The topological polar surface area (TPSA) is 32.3 Å². The minimum atomic E-state index is -0.858. The molecule has 1 unspecified atom stereocenters. The van der Waals surface area contributed by atoms with Crippen LogP contribution in [0.4, 0.5) is 0 Å². The van der Waals surface area contributed by atoms with E-state index in [-0.39, 0.29) is 0 Å². The monoisotopic (exact) mass is 289 g/mol. The molecule has 0 spiro atoms. The summed E-state index contributed by atoms with van der Waals surface area (Å²) in [7, 11) is 0. The summed E-state index contributed by atoms with van der Waals surface area (Å²) in [6.07, 6.45) is 0.441. The smallest absolute Gasteiger partial charge is 0.0784 e. The van der Waals surface area contributed by atoms with Crippen LogP contribution in [0.1, 0.15) is 26.3 Å². The summed E-state index contributed by atoms with van der Waals surface area (Å²) >= 11 is 12.2. The zero-order valence-corrected chi connectivity index (χ0v) is 12.6. The highest BCUT2D eigenvalue weighted by Crippen LogP contribution is 2.27. The molecule has 0 radical (unpaired) electrons. The van der Waals surface area contributed by atoms with Gasteiger partial charge in [0.25, 0.3) is 0 Å². The van der Waals surface area contributed by atoms with Crippen LogP contribution in [-0.2, 0) is 6.42 Å². The van der Waals surface area contributed by atoms with E-state index < -0.39 is 5.60 Å². The van der Waals surface area contributed by atoms with Gasteiger partial charge >= 0.3 is 0 Å². The number of rotatable bonds is 6. The maximum absolute atomic E-state index is 10.3. The number of hydrogen-bond donors (Lipinski definition) is 2. The molecule has 1 rings (SSSR count). The SMILES string of the molecule is CC(C)CNCC(C)(O)Cc1c(Cl)cccc1Cl. The van der Waals surface area contributed by atoms with Crippen molar-refractivity contribution in [2.24, 2.45) is 5.92 Å². The second-order valence-corrected chi connectivity index (χ2v) is 6.21. The van der Waals surface area contributed by atoms with Gasteiger partial charge in [-0.2, -0.15) is 0 Å². The van der Waals surface area contributed by atoms with Crippen molar-refractivity contribution in [1.82, 2.24) is 5.32 Å². The number of aliphatic hydroxyl groups is 1. The third-order valence-electron chi connectivity index (χ3n) is 2.68. The molecule has 102 valence electrons.